The summed E-state index contributed by atoms with van der Waals surface area (Å²) in [4.78, 5) is 9.69. The largest absolute Gasteiger partial charge is 0.501 e. The molecular formula is C29H38N4O2. The van der Waals surface area contributed by atoms with E-state index in [1.807, 2.05) is 13.1 Å². The summed E-state index contributed by atoms with van der Waals surface area (Å²) in [6, 6.07) is 12.7. The topological polar surface area (TPSA) is 61.2 Å². The number of benzene rings is 1. The van der Waals surface area contributed by atoms with Gasteiger partial charge in [-0.2, -0.15) is 4.98 Å². The van der Waals surface area contributed by atoms with Crippen LogP contribution in [-0.2, 0) is 16.0 Å². The van der Waals surface area contributed by atoms with Crippen LogP contribution in [0.5, 0.6) is 0 Å². The minimum Gasteiger partial charge on any atom is -0.501 e. The summed E-state index contributed by atoms with van der Waals surface area (Å²) in [6.45, 7) is 9.67. The lowest BCUT2D eigenvalue weighted by Gasteiger charge is -2.22. The lowest BCUT2D eigenvalue weighted by Crippen LogP contribution is -2.23. The maximum atomic E-state index is 5.68. The van der Waals surface area contributed by atoms with E-state index in [1.54, 1.807) is 7.11 Å². The molecule has 0 unspecified atom stereocenters. The van der Waals surface area contributed by atoms with Crippen molar-refractivity contribution in [2.75, 3.05) is 32.2 Å². The molecule has 0 atom stereocenters. The Morgan fingerprint density at radius 3 is 2.69 bits per heavy atom. The number of unbranched alkanes of at least 4 members (excludes halogenated alkanes) is 1. The highest BCUT2D eigenvalue weighted by atomic mass is 16.5. The van der Waals surface area contributed by atoms with Gasteiger partial charge >= 0.3 is 0 Å². The molecule has 6 nitrogen and oxygen atoms in total. The van der Waals surface area contributed by atoms with Crippen LogP contribution in [-0.4, -0.2) is 41.4 Å². The maximum absolute atomic E-state index is 5.68. The molecule has 0 aliphatic carbocycles. The van der Waals surface area contributed by atoms with E-state index in [-0.39, 0.29) is 0 Å². The predicted octanol–water partition coefficient (Wildman–Crippen LogP) is 6.44. The van der Waals surface area contributed by atoms with Crippen LogP contribution in [0.4, 0.5) is 5.95 Å². The van der Waals surface area contributed by atoms with Crippen molar-refractivity contribution in [2.45, 2.75) is 53.0 Å². The van der Waals surface area contributed by atoms with Crippen molar-refractivity contribution in [1.82, 2.24) is 14.5 Å². The van der Waals surface area contributed by atoms with Crippen molar-refractivity contribution in [3.8, 4) is 0 Å². The quantitative estimate of drug-likeness (QED) is 0.271. The molecule has 1 N–H and O–H groups in total. The number of anilines is 1. The first-order chi connectivity index (χ1) is 17.1. The fraction of sp³-hybridized carbons (Fsp3) is 0.448. The van der Waals surface area contributed by atoms with Crippen LogP contribution in [0.15, 0.2) is 60.0 Å². The van der Waals surface area contributed by atoms with Crippen LogP contribution in [0.2, 0.25) is 0 Å². The van der Waals surface area contributed by atoms with Gasteiger partial charge in [0.05, 0.1) is 19.2 Å². The minimum absolute atomic E-state index is 0.600. The molecule has 1 saturated heterocycles. The summed E-state index contributed by atoms with van der Waals surface area (Å²) in [7, 11) is 1.73. The van der Waals surface area contributed by atoms with E-state index in [0.29, 0.717) is 5.92 Å². The van der Waals surface area contributed by atoms with E-state index < -0.39 is 0 Å². The van der Waals surface area contributed by atoms with Crippen molar-refractivity contribution in [1.29, 1.82) is 0 Å². The van der Waals surface area contributed by atoms with E-state index >= 15 is 0 Å². The van der Waals surface area contributed by atoms with Crippen molar-refractivity contribution >= 4 is 22.7 Å². The number of rotatable bonds is 10. The van der Waals surface area contributed by atoms with Crippen LogP contribution in [0.25, 0.3) is 16.7 Å². The summed E-state index contributed by atoms with van der Waals surface area (Å²) in [6.07, 6.45) is 8.52. The fourth-order valence-electron chi connectivity index (χ4n) is 4.66. The highest BCUT2D eigenvalue weighted by Gasteiger charge is 2.19. The molecule has 0 amide bonds. The first-order valence-corrected chi connectivity index (χ1v) is 12.7. The molecule has 1 aliphatic rings. The molecular weight excluding hydrogens is 436 g/mol. The van der Waals surface area contributed by atoms with Crippen molar-refractivity contribution in [3.63, 3.8) is 0 Å². The molecule has 4 rings (SSSR count). The molecule has 2 aromatic heterocycles. The van der Waals surface area contributed by atoms with E-state index in [0.717, 1.165) is 86.0 Å². The van der Waals surface area contributed by atoms with Gasteiger partial charge in [-0.3, -0.25) is 0 Å². The van der Waals surface area contributed by atoms with Gasteiger partial charge in [0.15, 0.2) is 5.65 Å². The third kappa shape index (κ3) is 6.12. The minimum atomic E-state index is 0.600. The Hall–Kier alpha value is -3.12. The van der Waals surface area contributed by atoms with Crippen LogP contribution in [0.3, 0.4) is 0 Å². The van der Waals surface area contributed by atoms with Gasteiger partial charge in [0.1, 0.15) is 5.76 Å². The number of hydrogen-bond donors (Lipinski definition) is 1. The highest BCUT2D eigenvalue weighted by molar-refractivity contribution is 5.85. The second kappa shape index (κ2) is 12.0. The average Bonchev–Trinajstić information content (AvgIpc) is 3.24. The van der Waals surface area contributed by atoms with Crippen LogP contribution >= 0.6 is 0 Å². The second-order valence-corrected chi connectivity index (χ2v) is 9.32. The Morgan fingerprint density at radius 1 is 1.20 bits per heavy atom. The summed E-state index contributed by atoms with van der Waals surface area (Å²) >= 11 is 0. The number of nitrogens with zero attached hydrogens (tertiary/aromatic N) is 3. The summed E-state index contributed by atoms with van der Waals surface area (Å²) in [5.41, 5.74) is 6.36. The van der Waals surface area contributed by atoms with E-state index in [2.05, 4.69) is 66.2 Å². The zero-order valence-electron chi connectivity index (χ0n) is 21.5. The third-order valence-electron chi connectivity index (χ3n) is 6.76. The molecule has 3 heterocycles. The van der Waals surface area contributed by atoms with Gasteiger partial charge < -0.3 is 19.4 Å². The zero-order valence-corrected chi connectivity index (χ0v) is 21.5. The number of fused-ring (bicyclic) bond motifs is 1. The van der Waals surface area contributed by atoms with Crippen LogP contribution < -0.4 is 5.32 Å². The molecule has 6 heteroatoms. The van der Waals surface area contributed by atoms with Gasteiger partial charge in [-0.1, -0.05) is 49.8 Å². The average molecular weight is 475 g/mol. The van der Waals surface area contributed by atoms with E-state index in [4.69, 9.17) is 19.4 Å². The predicted molar refractivity (Wildman–Crippen MR) is 143 cm³/mol. The van der Waals surface area contributed by atoms with Gasteiger partial charge in [-0.25, -0.2) is 4.98 Å². The number of methoxy groups -OCH3 is 1. The number of nitrogens with one attached hydrogen (secondary N) is 1. The fourth-order valence-corrected chi connectivity index (χ4v) is 4.66. The number of hydrogen-bond acceptors (Lipinski definition) is 5. The molecule has 1 aromatic carbocycles. The normalized spacial score (nSPS) is 15.8. The molecule has 1 aliphatic heterocycles. The molecule has 0 spiro atoms. The van der Waals surface area contributed by atoms with Crippen molar-refractivity contribution in [3.05, 3.63) is 71.1 Å². The van der Waals surface area contributed by atoms with Gasteiger partial charge in [0.25, 0.3) is 0 Å². The number of aromatic nitrogens is 3. The van der Waals surface area contributed by atoms with Crippen molar-refractivity contribution < 1.29 is 9.47 Å². The molecule has 0 saturated carbocycles. The van der Waals surface area contributed by atoms with Crippen LogP contribution in [0, 0.1) is 5.92 Å². The first kappa shape index (κ1) is 25.0. The SMILES string of the molecule is CCC/C=C(C)/C(=C(/C)OC)c1cnc2nc(NCC3CCOCC3)n(Cc3ccccc3)c2c1. The molecule has 186 valence electrons. The third-order valence-corrected chi connectivity index (χ3v) is 6.76. The maximum Gasteiger partial charge on any atom is 0.205 e. The molecule has 0 bridgehead atoms. The van der Waals surface area contributed by atoms with E-state index in [9.17, 15) is 0 Å². The van der Waals surface area contributed by atoms with Crippen LogP contribution in [0.1, 0.15) is 57.6 Å². The number of ether oxygens (including phenoxy) is 2. The van der Waals surface area contributed by atoms with E-state index in [1.165, 1.54) is 11.1 Å². The second-order valence-electron chi connectivity index (χ2n) is 9.32. The Labute approximate surface area is 209 Å². The Balaban J connectivity index is 1.75. The van der Waals surface area contributed by atoms with Gasteiger partial charge in [-0.05, 0) is 56.2 Å². The Morgan fingerprint density at radius 2 is 1.97 bits per heavy atom. The number of allylic oxidation sites excluding steroid dienone is 4. The first-order valence-electron chi connectivity index (χ1n) is 12.7. The molecule has 3 aromatic rings. The molecule has 35 heavy (non-hydrogen) atoms. The standard InChI is InChI=1S/C29H38N4O2/c1-5-6-10-21(2)27(22(3)34-4)25-17-26-28(30-19-25)32-29(31-18-23-13-15-35-16-14-23)33(26)20-24-11-8-7-9-12-24/h7-12,17,19,23H,5-6,13-16,18,20H2,1-4H3,(H,30,31,32)/b21-10+,27-22+. The summed E-state index contributed by atoms with van der Waals surface area (Å²) in [5, 5.41) is 3.63. The lowest BCUT2D eigenvalue weighted by atomic mass is 9.98. The highest BCUT2D eigenvalue weighted by Crippen LogP contribution is 2.30. The molecule has 1 fully saturated rings. The van der Waals surface area contributed by atoms with Gasteiger partial charge in [-0.15, -0.1) is 0 Å². The van der Waals surface area contributed by atoms with Crippen molar-refractivity contribution in [2.24, 2.45) is 5.92 Å². The monoisotopic (exact) mass is 474 g/mol. The molecule has 0 radical (unpaired) electrons. The lowest BCUT2D eigenvalue weighted by molar-refractivity contribution is 0.0699. The smallest absolute Gasteiger partial charge is 0.205 e. The van der Waals surface area contributed by atoms with Gasteiger partial charge in [0, 0.05) is 37.1 Å². The Kier molecular flexibility index (Phi) is 8.59. The number of pyridine rings is 1. The summed E-state index contributed by atoms with van der Waals surface area (Å²) in [5.74, 6) is 2.36. The summed E-state index contributed by atoms with van der Waals surface area (Å²) < 4.78 is 13.5. The number of imidazole rings is 1. The van der Waals surface area contributed by atoms with Gasteiger partial charge in [0.2, 0.25) is 5.95 Å². The zero-order chi connectivity index (χ0) is 24.6. The Bertz CT molecular complexity index is 1170.